The van der Waals surface area contributed by atoms with Crippen LogP contribution in [0.5, 0.6) is 5.75 Å². The molecule has 0 radical (unpaired) electrons. The molecule has 1 aliphatic carbocycles. The predicted molar refractivity (Wildman–Crippen MR) is 112 cm³/mol. The molecule has 1 aromatic rings. The lowest BCUT2D eigenvalue weighted by Crippen LogP contribution is -2.46. The van der Waals surface area contributed by atoms with Crippen LogP contribution in [0.15, 0.2) is 29.5 Å². The van der Waals surface area contributed by atoms with Gasteiger partial charge in [-0.3, -0.25) is 4.79 Å². The lowest BCUT2D eigenvalue weighted by atomic mass is 9.90. The van der Waals surface area contributed by atoms with Crippen molar-refractivity contribution in [3.05, 3.63) is 40.1 Å². The second-order valence-corrected chi connectivity index (χ2v) is 8.07. The fourth-order valence-corrected chi connectivity index (χ4v) is 4.17. The summed E-state index contributed by atoms with van der Waals surface area (Å²) in [5.74, 6) is -0.334. The molecule has 1 fully saturated rings. The van der Waals surface area contributed by atoms with E-state index in [1.807, 2.05) is 6.92 Å². The van der Waals surface area contributed by atoms with Gasteiger partial charge in [0.25, 0.3) is 0 Å². The van der Waals surface area contributed by atoms with Crippen LogP contribution in [0.4, 0.5) is 4.79 Å². The summed E-state index contributed by atoms with van der Waals surface area (Å²) in [6, 6.07) is 3.68. The second-order valence-electron chi connectivity index (χ2n) is 7.66. The van der Waals surface area contributed by atoms with Gasteiger partial charge < -0.3 is 20.1 Å². The van der Waals surface area contributed by atoms with Crippen molar-refractivity contribution in [1.82, 2.24) is 10.6 Å². The Morgan fingerprint density at radius 3 is 2.57 bits per heavy atom. The average molecular weight is 435 g/mol. The van der Waals surface area contributed by atoms with Gasteiger partial charge in [0.1, 0.15) is 5.75 Å². The Morgan fingerprint density at radius 2 is 1.93 bits per heavy atom. The van der Waals surface area contributed by atoms with Crippen LogP contribution in [-0.2, 0) is 14.3 Å². The van der Waals surface area contributed by atoms with Crippen LogP contribution in [0.2, 0.25) is 5.02 Å². The first-order chi connectivity index (χ1) is 14.4. The molecule has 1 aliphatic heterocycles. The van der Waals surface area contributed by atoms with E-state index in [1.54, 1.807) is 18.2 Å². The molecule has 8 heteroatoms. The number of hydrogen-bond donors (Lipinski definition) is 2. The average Bonchev–Trinajstić information content (AvgIpc) is 2.73. The largest absolute Gasteiger partial charge is 0.462 e. The number of hydrogen-bond acceptors (Lipinski definition) is 5. The number of allylic oxidation sites excluding steroid dienone is 1. The van der Waals surface area contributed by atoms with Gasteiger partial charge in [-0.05, 0) is 42.9 Å². The van der Waals surface area contributed by atoms with E-state index < -0.39 is 24.0 Å². The van der Waals surface area contributed by atoms with Crippen molar-refractivity contribution in [3.63, 3.8) is 0 Å². The summed E-state index contributed by atoms with van der Waals surface area (Å²) in [7, 11) is 0. The zero-order valence-electron chi connectivity index (χ0n) is 17.3. The third kappa shape index (κ3) is 5.33. The van der Waals surface area contributed by atoms with Crippen LogP contribution < -0.4 is 15.4 Å². The van der Waals surface area contributed by atoms with Gasteiger partial charge in [0, 0.05) is 12.6 Å². The topological polar surface area (TPSA) is 93.7 Å². The SMILES string of the molecule is CCC1=C(C(=O)OCC2CCCCC2)[C@H](c2ccc(OC(C)=O)c(Cl)c2)NC(=O)N1. The molecule has 1 aromatic carbocycles. The minimum atomic E-state index is -0.712. The number of carbonyl (C=O) groups is 3. The minimum Gasteiger partial charge on any atom is -0.462 e. The summed E-state index contributed by atoms with van der Waals surface area (Å²) < 4.78 is 10.7. The fraction of sp³-hybridized carbons (Fsp3) is 0.500. The molecule has 162 valence electrons. The fourth-order valence-electron chi connectivity index (χ4n) is 3.95. The maximum Gasteiger partial charge on any atom is 0.338 e. The normalized spacial score (nSPS) is 19.7. The van der Waals surface area contributed by atoms with E-state index in [4.69, 9.17) is 21.1 Å². The molecular weight excluding hydrogens is 408 g/mol. The summed E-state index contributed by atoms with van der Waals surface area (Å²) >= 11 is 6.25. The van der Waals surface area contributed by atoms with Crippen molar-refractivity contribution in [1.29, 1.82) is 0 Å². The summed E-state index contributed by atoms with van der Waals surface area (Å²) in [5, 5.41) is 5.70. The Kier molecular flexibility index (Phi) is 7.37. The summed E-state index contributed by atoms with van der Waals surface area (Å²) in [6.07, 6.45) is 6.17. The molecule has 0 saturated heterocycles. The third-order valence-corrected chi connectivity index (χ3v) is 5.74. The highest BCUT2D eigenvalue weighted by molar-refractivity contribution is 6.32. The highest BCUT2D eigenvalue weighted by atomic mass is 35.5. The lowest BCUT2D eigenvalue weighted by Gasteiger charge is -2.30. The molecule has 1 atom stereocenters. The van der Waals surface area contributed by atoms with E-state index in [1.165, 1.54) is 26.2 Å². The Bertz CT molecular complexity index is 861. The van der Waals surface area contributed by atoms with E-state index in [-0.39, 0.29) is 10.8 Å². The molecule has 2 N–H and O–H groups in total. The number of carbonyl (C=O) groups excluding carboxylic acids is 3. The number of halogens is 1. The predicted octanol–water partition coefficient (Wildman–Crippen LogP) is 4.41. The molecule has 0 spiro atoms. The second kappa shape index (κ2) is 9.98. The van der Waals surface area contributed by atoms with E-state index in [0.717, 1.165) is 12.8 Å². The summed E-state index contributed by atoms with van der Waals surface area (Å²) in [4.78, 5) is 36.4. The monoisotopic (exact) mass is 434 g/mol. The summed E-state index contributed by atoms with van der Waals surface area (Å²) in [6.45, 7) is 3.53. The first-order valence-electron chi connectivity index (χ1n) is 10.3. The number of benzene rings is 1. The van der Waals surface area contributed by atoms with Crippen LogP contribution in [0.25, 0.3) is 0 Å². The van der Waals surface area contributed by atoms with Gasteiger partial charge >= 0.3 is 18.0 Å². The van der Waals surface area contributed by atoms with Crippen LogP contribution in [0.1, 0.15) is 64.0 Å². The number of urea groups is 1. The highest BCUT2D eigenvalue weighted by Gasteiger charge is 2.34. The first kappa shape index (κ1) is 22.2. The standard InChI is InChI=1S/C22H27ClN2O5/c1-3-17-19(21(27)29-12-14-7-5-4-6-8-14)20(25-22(28)24-17)15-9-10-18(16(23)11-15)30-13(2)26/h9-11,14,20H,3-8,12H2,1-2H3,(H2,24,25,28)/t20-/m0/s1. The van der Waals surface area contributed by atoms with Gasteiger partial charge in [-0.25, -0.2) is 9.59 Å². The molecule has 30 heavy (non-hydrogen) atoms. The Hall–Kier alpha value is -2.54. The van der Waals surface area contributed by atoms with Gasteiger partial charge in [0.2, 0.25) is 0 Å². The molecule has 7 nitrogen and oxygen atoms in total. The number of ether oxygens (including phenoxy) is 2. The molecule has 0 aromatic heterocycles. The number of nitrogens with one attached hydrogen (secondary N) is 2. The maximum atomic E-state index is 13.0. The Balaban J connectivity index is 1.85. The van der Waals surface area contributed by atoms with E-state index in [9.17, 15) is 14.4 Å². The van der Waals surface area contributed by atoms with Crippen molar-refractivity contribution >= 4 is 29.6 Å². The Morgan fingerprint density at radius 1 is 1.20 bits per heavy atom. The van der Waals surface area contributed by atoms with Gasteiger partial charge in [-0.2, -0.15) is 0 Å². The number of rotatable bonds is 6. The first-order valence-corrected chi connectivity index (χ1v) is 10.7. The zero-order chi connectivity index (χ0) is 21.7. The van der Waals surface area contributed by atoms with Crippen LogP contribution in [0.3, 0.4) is 0 Å². The smallest absolute Gasteiger partial charge is 0.338 e. The zero-order valence-corrected chi connectivity index (χ0v) is 18.0. The van der Waals surface area contributed by atoms with Crippen molar-refractivity contribution in [2.24, 2.45) is 5.92 Å². The van der Waals surface area contributed by atoms with E-state index >= 15 is 0 Å². The molecule has 1 heterocycles. The van der Waals surface area contributed by atoms with Crippen molar-refractivity contribution < 1.29 is 23.9 Å². The van der Waals surface area contributed by atoms with Gasteiger partial charge in [0.15, 0.2) is 0 Å². The summed E-state index contributed by atoms with van der Waals surface area (Å²) in [5.41, 5.74) is 1.49. The minimum absolute atomic E-state index is 0.212. The quantitative estimate of drug-likeness (QED) is 0.511. The molecule has 2 aliphatic rings. The van der Waals surface area contributed by atoms with E-state index in [0.29, 0.717) is 35.8 Å². The molecule has 0 unspecified atom stereocenters. The van der Waals surface area contributed by atoms with Crippen molar-refractivity contribution in [2.45, 2.75) is 58.4 Å². The van der Waals surface area contributed by atoms with Crippen LogP contribution >= 0.6 is 11.6 Å². The molecule has 0 bridgehead atoms. The molecule has 3 rings (SSSR count). The van der Waals surface area contributed by atoms with Gasteiger partial charge in [0.05, 0.1) is 23.2 Å². The molecule has 2 amide bonds. The van der Waals surface area contributed by atoms with Crippen molar-refractivity contribution in [2.75, 3.05) is 6.61 Å². The lowest BCUT2D eigenvalue weighted by molar-refractivity contribution is -0.141. The van der Waals surface area contributed by atoms with Crippen LogP contribution in [-0.4, -0.2) is 24.6 Å². The maximum absolute atomic E-state index is 13.0. The number of esters is 2. The van der Waals surface area contributed by atoms with Crippen molar-refractivity contribution in [3.8, 4) is 5.75 Å². The van der Waals surface area contributed by atoms with Gasteiger partial charge in [-0.1, -0.05) is 43.9 Å². The Labute approximate surface area is 181 Å². The van der Waals surface area contributed by atoms with E-state index in [2.05, 4.69) is 10.6 Å². The number of amides is 2. The van der Waals surface area contributed by atoms with Gasteiger partial charge in [-0.15, -0.1) is 0 Å². The highest BCUT2D eigenvalue weighted by Crippen LogP contribution is 2.34. The third-order valence-electron chi connectivity index (χ3n) is 5.44. The molecule has 1 saturated carbocycles. The molecular formula is C22H27ClN2O5. The van der Waals surface area contributed by atoms with Crippen LogP contribution in [0, 0.1) is 5.92 Å².